The molecule has 116 valence electrons. The maximum Gasteiger partial charge on any atom is 0.306 e. The Hall–Kier alpha value is -1.85. The zero-order valence-corrected chi connectivity index (χ0v) is 12.2. The summed E-state index contributed by atoms with van der Waals surface area (Å²) in [5, 5.41) is 12.0. The predicted molar refractivity (Wildman–Crippen MR) is 77.6 cm³/mol. The summed E-state index contributed by atoms with van der Waals surface area (Å²) < 4.78 is 2.01. The molecule has 0 aromatic carbocycles. The minimum Gasteiger partial charge on any atom is -0.481 e. The van der Waals surface area contributed by atoms with Crippen LogP contribution in [-0.4, -0.2) is 33.1 Å². The van der Waals surface area contributed by atoms with Crippen molar-refractivity contribution < 1.29 is 14.7 Å². The first kappa shape index (κ1) is 15.5. The number of aryl methyl sites for hydroxylation is 1. The first-order valence-electron chi connectivity index (χ1n) is 7.63. The second-order valence-corrected chi connectivity index (χ2v) is 5.70. The Kier molecular flexibility index (Phi) is 5.78. The maximum absolute atomic E-state index is 12.0. The van der Waals surface area contributed by atoms with Crippen molar-refractivity contribution in [1.82, 2.24) is 14.9 Å². The van der Waals surface area contributed by atoms with Crippen LogP contribution in [0.2, 0.25) is 0 Å². The minimum atomic E-state index is -0.771. The summed E-state index contributed by atoms with van der Waals surface area (Å²) in [6.07, 6.45) is 10.2. The van der Waals surface area contributed by atoms with Crippen molar-refractivity contribution in [3.05, 3.63) is 18.7 Å². The number of unbranched alkanes of at least 4 members (excludes halogenated alkanes) is 1. The van der Waals surface area contributed by atoms with Gasteiger partial charge in [-0.2, -0.15) is 0 Å². The lowest BCUT2D eigenvalue weighted by Crippen LogP contribution is -2.35. The average molecular weight is 293 g/mol. The van der Waals surface area contributed by atoms with Gasteiger partial charge in [0.05, 0.1) is 12.2 Å². The molecule has 2 unspecified atom stereocenters. The van der Waals surface area contributed by atoms with Gasteiger partial charge in [-0.05, 0) is 32.1 Å². The lowest BCUT2D eigenvalue weighted by Gasteiger charge is -2.25. The standard InChI is InChI=1S/C15H23N3O3/c19-14(12-4-3-5-13(10-12)15(20)21)17-6-1-2-8-18-9-7-16-11-18/h7,9,11-13H,1-6,8,10H2,(H,17,19)(H,20,21). The van der Waals surface area contributed by atoms with Gasteiger partial charge < -0.3 is 15.0 Å². The van der Waals surface area contributed by atoms with Gasteiger partial charge in [0.2, 0.25) is 5.91 Å². The van der Waals surface area contributed by atoms with Gasteiger partial charge in [-0.1, -0.05) is 6.42 Å². The number of aromatic nitrogens is 2. The number of carboxylic acid groups (broad SMARTS) is 1. The molecule has 0 radical (unpaired) electrons. The Balaban J connectivity index is 1.61. The van der Waals surface area contributed by atoms with Crippen molar-refractivity contribution in [2.24, 2.45) is 11.8 Å². The van der Waals surface area contributed by atoms with Crippen molar-refractivity contribution in [2.75, 3.05) is 6.54 Å². The van der Waals surface area contributed by atoms with E-state index in [0.717, 1.165) is 32.2 Å². The van der Waals surface area contributed by atoms with E-state index in [9.17, 15) is 9.59 Å². The smallest absolute Gasteiger partial charge is 0.306 e. The maximum atomic E-state index is 12.0. The normalized spacial score (nSPS) is 21.9. The van der Waals surface area contributed by atoms with E-state index in [2.05, 4.69) is 10.3 Å². The molecule has 0 spiro atoms. The Bertz CT molecular complexity index is 459. The molecule has 1 aromatic rings. The van der Waals surface area contributed by atoms with E-state index in [1.165, 1.54) is 0 Å². The zero-order chi connectivity index (χ0) is 15.1. The fourth-order valence-electron chi connectivity index (χ4n) is 2.85. The summed E-state index contributed by atoms with van der Waals surface area (Å²) >= 11 is 0. The summed E-state index contributed by atoms with van der Waals surface area (Å²) in [5.74, 6) is -1.24. The molecule has 2 atom stereocenters. The fourth-order valence-corrected chi connectivity index (χ4v) is 2.85. The molecule has 0 aliphatic heterocycles. The molecule has 6 heteroatoms. The number of hydrogen-bond donors (Lipinski definition) is 2. The highest BCUT2D eigenvalue weighted by atomic mass is 16.4. The van der Waals surface area contributed by atoms with Crippen LogP contribution in [0.5, 0.6) is 0 Å². The third-order valence-corrected chi connectivity index (χ3v) is 4.10. The second kappa shape index (κ2) is 7.81. The Morgan fingerprint density at radius 1 is 1.29 bits per heavy atom. The van der Waals surface area contributed by atoms with Crippen LogP contribution in [0.3, 0.4) is 0 Å². The summed E-state index contributed by atoms with van der Waals surface area (Å²) in [6, 6.07) is 0. The highest BCUT2D eigenvalue weighted by Crippen LogP contribution is 2.29. The second-order valence-electron chi connectivity index (χ2n) is 5.70. The summed E-state index contributed by atoms with van der Waals surface area (Å²) in [5.41, 5.74) is 0. The van der Waals surface area contributed by atoms with Gasteiger partial charge in [-0.25, -0.2) is 4.98 Å². The molecular weight excluding hydrogens is 270 g/mol. The van der Waals surface area contributed by atoms with Crippen LogP contribution in [-0.2, 0) is 16.1 Å². The SMILES string of the molecule is O=C(O)C1CCCC(C(=O)NCCCCn2ccnc2)C1. The molecule has 1 saturated carbocycles. The number of nitrogens with zero attached hydrogens (tertiary/aromatic N) is 2. The van der Waals surface area contributed by atoms with E-state index in [-0.39, 0.29) is 17.7 Å². The summed E-state index contributed by atoms with van der Waals surface area (Å²) in [7, 11) is 0. The lowest BCUT2D eigenvalue weighted by molar-refractivity contribution is -0.144. The zero-order valence-electron chi connectivity index (χ0n) is 12.2. The average Bonchev–Trinajstić information content (AvgIpc) is 3.00. The van der Waals surface area contributed by atoms with Crippen LogP contribution in [0, 0.1) is 11.8 Å². The molecule has 0 bridgehead atoms. The Labute approximate surface area is 124 Å². The lowest BCUT2D eigenvalue weighted by atomic mass is 9.81. The van der Waals surface area contributed by atoms with Gasteiger partial charge in [0, 0.05) is 31.4 Å². The number of nitrogens with one attached hydrogen (secondary N) is 1. The molecule has 2 rings (SSSR count). The quantitative estimate of drug-likeness (QED) is 0.749. The largest absolute Gasteiger partial charge is 0.481 e. The van der Waals surface area contributed by atoms with Crippen molar-refractivity contribution in [3.63, 3.8) is 0 Å². The van der Waals surface area contributed by atoms with Gasteiger partial charge in [-0.15, -0.1) is 0 Å². The number of carbonyl (C=O) groups excluding carboxylic acids is 1. The van der Waals surface area contributed by atoms with Crippen LogP contribution in [0.4, 0.5) is 0 Å². The Morgan fingerprint density at radius 3 is 2.81 bits per heavy atom. The first-order chi connectivity index (χ1) is 10.2. The summed E-state index contributed by atoms with van der Waals surface area (Å²) in [4.78, 5) is 27.0. The van der Waals surface area contributed by atoms with Gasteiger partial charge >= 0.3 is 5.97 Å². The third kappa shape index (κ3) is 4.88. The molecule has 1 fully saturated rings. The monoisotopic (exact) mass is 293 g/mol. The van der Waals surface area contributed by atoms with E-state index >= 15 is 0 Å². The molecule has 1 aliphatic carbocycles. The van der Waals surface area contributed by atoms with Crippen molar-refractivity contribution in [1.29, 1.82) is 0 Å². The number of carbonyl (C=O) groups is 2. The predicted octanol–water partition coefficient (Wildman–Crippen LogP) is 1.67. The molecule has 21 heavy (non-hydrogen) atoms. The van der Waals surface area contributed by atoms with Crippen molar-refractivity contribution in [2.45, 2.75) is 45.1 Å². The highest BCUT2D eigenvalue weighted by molar-refractivity contribution is 5.80. The van der Waals surface area contributed by atoms with Crippen LogP contribution < -0.4 is 5.32 Å². The van der Waals surface area contributed by atoms with Crippen LogP contribution in [0.1, 0.15) is 38.5 Å². The van der Waals surface area contributed by atoms with E-state index < -0.39 is 5.97 Å². The summed E-state index contributed by atoms with van der Waals surface area (Å²) in [6.45, 7) is 1.56. The number of rotatable bonds is 7. The molecule has 1 heterocycles. The van der Waals surface area contributed by atoms with E-state index in [1.54, 1.807) is 12.5 Å². The minimum absolute atomic E-state index is 0.0172. The van der Waals surface area contributed by atoms with Gasteiger partial charge in [0.15, 0.2) is 0 Å². The number of imidazole rings is 1. The molecule has 6 nitrogen and oxygen atoms in total. The first-order valence-corrected chi connectivity index (χ1v) is 7.63. The molecular formula is C15H23N3O3. The molecule has 0 saturated heterocycles. The number of hydrogen-bond acceptors (Lipinski definition) is 3. The van der Waals surface area contributed by atoms with Crippen LogP contribution in [0.15, 0.2) is 18.7 Å². The van der Waals surface area contributed by atoms with Gasteiger partial charge in [0.25, 0.3) is 0 Å². The third-order valence-electron chi connectivity index (χ3n) is 4.10. The molecule has 1 aromatic heterocycles. The number of carboxylic acids is 1. The Morgan fingerprint density at radius 2 is 2.10 bits per heavy atom. The van der Waals surface area contributed by atoms with Crippen LogP contribution >= 0.6 is 0 Å². The molecule has 1 aliphatic rings. The number of aliphatic carboxylic acids is 1. The molecule has 1 amide bonds. The van der Waals surface area contributed by atoms with Crippen LogP contribution in [0.25, 0.3) is 0 Å². The molecule has 2 N–H and O–H groups in total. The highest BCUT2D eigenvalue weighted by Gasteiger charge is 2.30. The topological polar surface area (TPSA) is 84.2 Å². The van der Waals surface area contributed by atoms with Crippen molar-refractivity contribution in [3.8, 4) is 0 Å². The van der Waals surface area contributed by atoms with E-state index in [1.807, 2.05) is 10.8 Å². The fraction of sp³-hybridized carbons (Fsp3) is 0.667. The van der Waals surface area contributed by atoms with E-state index in [0.29, 0.717) is 19.4 Å². The number of amides is 1. The van der Waals surface area contributed by atoms with E-state index in [4.69, 9.17) is 5.11 Å². The van der Waals surface area contributed by atoms with Crippen molar-refractivity contribution >= 4 is 11.9 Å². The van der Waals surface area contributed by atoms with Gasteiger partial charge in [-0.3, -0.25) is 9.59 Å². The van der Waals surface area contributed by atoms with Gasteiger partial charge in [0.1, 0.15) is 0 Å².